The van der Waals surface area contributed by atoms with E-state index in [-0.39, 0.29) is 35.7 Å². The second kappa shape index (κ2) is 9.43. The van der Waals surface area contributed by atoms with Crippen LogP contribution in [0.25, 0.3) is 11.1 Å². The monoisotopic (exact) mass is 449 g/mol. The van der Waals surface area contributed by atoms with Gasteiger partial charge in [0.25, 0.3) is 0 Å². The second-order valence-electron chi connectivity index (χ2n) is 6.74. The molecule has 0 bridgehead atoms. The molecule has 0 saturated carbocycles. The van der Waals surface area contributed by atoms with Crippen molar-refractivity contribution in [1.82, 2.24) is 15.3 Å². The van der Waals surface area contributed by atoms with Gasteiger partial charge in [0.2, 0.25) is 0 Å². The van der Waals surface area contributed by atoms with Crippen molar-refractivity contribution in [2.45, 2.75) is 6.10 Å². The van der Waals surface area contributed by atoms with Crippen LogP contribution in [0.1, 0.15) is 5.69 Å². The Kier molecular flexibility index (Phi) is 6.68. The molecule has 0 radical (unpaired) electrons. The topological polar surface area (TPSA) is 148 Å². The molecule has 2 heterocycles. The number of benzene rings is 1. The van der Waals surface area contributed by atoms with Crippen molar-refractivity contribution in [3.8, 4) is 11.1 Å². The zero-order valence-corrected chi connectivity index (χ0v) is 17.2. The molecule has 1 atom stereocenters. The number of cyclic esters (lactones) is 1. The molecule has 3 rings (SSSR count). The maximum Gasteiger partial charge on any atom is 0.414 e. The number of hydrazone groups is 1. The fourth-order valence-electron chi connectivity index (χ4n) is 3.09. The molecule has 2 amide bonds. The van der Waals surface area contributed by atoms with Gasteiger partial charge in [-0.25, -0.2) is 24.2 Å². The van der Waals surface area contributed by atoms with E-state index in [9.17, 15) is 18.4 Å². The smallest absolute Gasteiger partial charge is 0.414 e. The molecule has 1 aromatic carbocycles. The number of hydrogen-bond donors (Lipinski definition) is 3. The van der Waals surface area contributed by atoms with Gasteiger partial charge in [-0.1, -0.05) is 6.07 Å². The van der Waals surface area contributed by atoms with Crippen molar-refractivity contribution >= 4 is 23.7 Å². The van der Waals surface area contributed by atoms with Gasteiger partial charge in [0, 0.05) is 24.4 Å². The van der Waals surface area contributed by atoms with Crippen LogP contribution in [0.15, 0.2) is 35.6 Å². The van der Waals surface area contributed by atoms with E-state index in [1.54, 1.807) is 0 Å². The van der Waals surface area contributed by atoms with Crippen molar-refractivity contribution in [3.05, 3.63) is 47.8 Å². The summed E-state index contributed by atoms with van der Waals surface area (Å²) >= 11 is 0. The van der Waals surface area contributed by atoms with Crippen molar-refractivity contribution in [2.75, 3.05) is 32.1 Å². The number of aromatic nitrogens is 1. The van der Waals surface area contributed by atoms with Gasteiger partial charge in [-0.05, 0) is 18.2 Å². The molecule has 0 spiro atoms. The number of alkyl carbamates (subject to hydrolysis) is 1. The van der Waals surface area contributed by atoms with Crippen LogP contribution in [0.3, 0.4) is 0 Å². The van der Waals surface area contributed by atoms with E-state index in [1.807, 2.05) is 0 Å². The van der Waals surface area contributed by atoms with E-state index in [0.29, 0.717) is 5.69 Å². The number of amides is 2. The van der Waals surface area contributed by atoms with Gasteiger partial charge in [0.15, 0.2) is 17.5 Å². The highest BCUT2D eigenvalue weighted by atomic mass is 19.2. The molecule has 5 N–H and O–H groups in total. The molecule has 1 fully saturated rings. The van der Waals surface area contributed by atoms with Gasteiger partial charge in [0.05, 0.1) is 25.9 Å². The average molecular weight is 449 g/mol. The third kappa shape index (κ3) is 4.51. The Morgan fingerprint density at radius 2 is 2.12 bits per heavy atom. The van der Waals surface area contributed by atoms with Crippen LogP contribution in [-0.2, 0) is 9.47 Å². The first-order chi connectivity index (χ1) is 15.3. The van der Waals surface area contributed by atoms with E-state index in [1.165, 1.54) is 49.6 Å². The lowest BCUT2D eigenvalue weighted by atomic mass is 10.1. The Morgan fingerprint density at radius 1 is 1.38 bits per heavy atom. The number of hydrogen-bond acceptors (Lipinski definition) is 8. The number of nitrogens with zero attached hydrogens (tertiary/aromatic N) is 4. The minimum atomic E-state index is -1.23. The fourth-order valence-corrected chi connectivity index (χ4v) is 3.09. The molecule has 1 aliphatic heterocycles. The number of anilines is 1. The molecule has 170 valence electrons. The normalized spacial score (nSPS) is 16.0. The highest BCUT2D eigenvalue weighted by Crippen LogP contribution is 2.32. The Hall–Kier alpha value is -4.00. The summed E-state index contributed by atoms with van der Waals surface area (Å²) < 4.78 is 39.2. The van der Waals surface area contributed by atoms with E-state index in [0.717, 1.165) is 4.90 Å². The standard InChI is InChI=1S/C19H21F2N7O4/c1-27(23)17(26-22)13-5-3-10(7-24-13)12-4-6-14(16(21)15(12)20)28-9-11(32-19(28)30)8-25-18(29)31-2/h3-7,11H,8-9,22-23H2,1-2H3,(H,25,29)/b26-17-. The SMILES string of the molecule is COC(=O)NCC1CN(c2ccc(-c3ccc(/C(=N/N)N(C)N)nc3)c(F)c2F)C(=O)O1. The van der Waals surface area contributed by atoms with E-state index in [2.05, 4.69) is 20.1 Å². The summed E-state index contributed by atoms with van der Waals surface area (Å²) in [6.45, 7) is -0.121. The van der Waals surface area contributed by atoms with E-state index >= 15 is 0 Å². The van der Waals surface area contributed by atoms with E-state index < -0.39 is 29.9 Å². The van der Waals surface area contributed by atoms with Crippen molar-refractivity contribution in [3.63, 3.8) is 0 Å². The summed E-state index contributed by atoms with van der Waals surface area (Å²) in [5, 5.41) is 7.08. The summed E-state index contributed by atoms with van der Waals surface area (Å²) in [6.07, 6.45) is -0.998. The Bertz CT molecular complexity index is 1050. The van der Waals surface area contributed by atoms with Crippen molar-refractivity contribution < 1.29 is 27.8 Å². The molecular formula is C19H21F2N7O4. The molecule has 32 heavy (non-hydrogen) atoms. The number of carbonyl (C=O) groups is 2. The number of amidine groups is 1. The third-order valence-corrected chi connectivity index (χ3v) is 4.65. The van der Waals surface area contributed by atoms with Crippen molar-refractivity contribution in [1.29, 1.82) is 0 Å². The fraction of sp³-hybridized carbons (Fsp3) is 0.263. The maximum absolute atomic E-state index is 14.9. The Morgan fingerprint density at radius 3 is 2.72 bits per heavy atom. The van der Waals surface area contributed by atoms with Crippen LogP contribution in [0.4, 0.5) is 24.1 Å². The van der Waals surface area contributed by atoms with Crippen molar-refractivity contribution in [2.24, 2.45) is 16.8 Å². The predicted octanol–water partition coefficient (Wildman–Crippen LogP) is 1.13. The molecule has 1 unspecified atom stereocenters. The van der Waals surface area contributed by atoms with E-state index in [4.69, 9.17) is 16.4 Å². The summed E-state index contributed by atoms with van der Waals surface area (Å²) in [5.74, 6) is 8.71. The molecule has 1 aromatic heterocycles. The molecule has 11 nitrogen and oxygen atoms in total. The highest BCUT2D eigenvalue weighted by Gasteiger charge is 2.35. The number of halogens is 2. The summed E-state index contributed by atoms with van der Waals surface area (Å²) in [5.41, 5.74) is 0.278. The largest absolute Gasteiger partial charge is 0.453 e. The Balaban J connectivity index is 1.81. The summed E-state index contributed by atoms with van der Waals surface area (Å²) in [4.78, 5) is 28.4. The minimum absolute atomic E-state index is 0.0405. The molecule has 0 aliphatic carbocycles. The van der Waals surface area contributed by atoms with Gasteiger partial charge in [-0.2, -0.15) is 5.10 Å². The van der Waals surface area contributed by atoms with Gasteiger partial charge in [0.1, 0.15) is 11.8 Å². The third-order valence-electron chi connectivity index (χ3n) is 4.65. The number of hydrazine groups is 1. The number of pyridine rings is 1. The van der Waals surface area contributed by atoms with Gasteiger partial charge >= 0.3 is 12.2 Å². The molecular weight excluding hydrogens is 428 g/mol. The zero-order chi connectivity index (χ0) is 23.4. The lowest BCUT2D eigenvalue weighted by Crippen LogP contribution is -2.35. The highest BCUT2D eigenvalue weighted by molar-refractivity contribution is 5.96. The first-order valence-electron chi connectivity index (χ1n) is 9.27. The number of nitrogens with two attached hydrogens (primary N) is 2. The predicted molar refractivity (Wildman–Crippen MR) is 110 cm³/mol. The van der Waals surface area contributed by atoms with Crippen LogP contribution in [-0.4, -0.2) is 61.4 Å². The summed E-state index contributed by atoms with van der Waals surface area (Å²) in [7, 11) is 2.71. The number of rotatable bonds is 5. The van der Waals surface area contributed by atoms with Crippen LogP contribution in [0.5, 0.6) is 0 Å². The van der Waals surface area contributed by atoms with Crippen LogP contribution >= 0.6 is 0 Å². The zero-order valence-electron chi connectivity index (χ0n) is 17.2. The van der Waals surface area contributed by atoms with Crippen LogP contribution in [0, 0.1) is 11.6 Å². The van der Waals surface area contributed by atoms with Gasteiger partial charge in [-0.3, -0.25) is 14.9 Å². The lowest BCUT2D eigenvalue weighted by molar-refractivity contribution is 0.132. The first kappa shape index (κ1) is 22.7. The second-order valence-corrected chi connectivity index (χ2v) is 6.74. The molecule has 2 aromatic rings. The van der Waals surface area contributed by atoms with Crippen LogP contribution < -0.4 is 21.9 Å². The number of nitrogens with one attached hydrogen (secondary N) is 1. The average Bonchev–Trinajstić information content (AvgIpc) is 3.15. The van der Waals surface area contributed by atoms with Crippen LogP contribution in [0.2, 0.25) is 0 Å². The number of methoxy groups -OCH3 is 1. The Labute approximate surface area is 181 Å². The minimum Gasteiger partial charge on any atom is -0.453 e. The van der Waals surface area contributed by atoms with Gasteiger partial charge in [-0.15, -0.1) is 0 Å². The lowest BCUT2D eigenvalue weighted by Gasteiger charge is -2.16. The molecule has 13 heteroatoms. The molecule has 1 saturated heterocycles. The quantitative estimate of drug-likeness (QED) is 0.266. The van der Waals surface area contributed by atoms with Gasteiger partial charge < -0.3 is 20.6 Å². The summed E-state index contributed by atoms with van der Waals surface area (Å²) in [6, 6.07) is 5.60. The number of ether oxygens (including phenoxy) is 2. The molecule has 1 aliphatic rings. The first-order valence-corrected chi connectivity index (χ1v) is 9.27. The maximum atomic E-state index is 14.9. The number of carbonyl (C=O) groups excluding carboxylic acids is 2.